The van der Waals surface area contributed by atoms with Gasteiger partial charge in [-0.15, -0.1) is 0 Å². The van der Waals surface area contributed by atoms with Crippen molar-refractivity contribution in [2.45, 2.75) is 44.6 Å². The molecule has 2 rings (SSSR count). The maximum Gasteiger partial charge on any atom is 0.241 e. The summed E-state index contributed by atoms with van der Waals surface area (Å²) in [6.45, 7) is 11.1. The van der Waals surface area contributed by atoms with Crippen LogP contribution in [0.3, 0.4) is 0 Å². The van der Waals surface area contributed by atoms with Crippen LogP contribution in [0.25, 0.3) is 0 Å². The maximum atomic E-state index is 12.6. The lowest BCUT2D eigenvalue weighted by Gasteiger charge is -2.39. The summed E-state index contributed by atoms with van der Waals surface area (Å²) in [4.78, 5) is 2.61. The van der Waals surface area contributed by atoms with Gasteiger partial charge in [0.25, 0.3) is 0 Å². The number of benzene rings is 1. The number of hydrogen-bond donors (Lipinski definition) is 1. The van der Waals surface area contributed by atoms with E-state index in [0.29, 0.717) is 23.4 Å². The summed E-state index contributed by atoms with van der Waals surface area (Å²) in [5.41, 5.74) is -0.532. The lowest BCUT2D eigenvalue weighted by Crippen LogP contribution is -2.53. The van der Waals surface area contributed by atoms with Crippen LogP contribution in [0.5, 0.6) is 0 Å². The molecule has 0 spiro atoms. The predicted octanol–water partition coefficient (Wildman–Crippen LogP) is 3.37. The number of rotatable bonds is 5. The lowest BCUT2D eigenvalue weighted by molar-refractivity contribution is 0.116. The number of likely N-dealkylation sites (tertiary alicyclic amines) is 1. The first kappa shape index (κ1) is 18.7. The molecule has 1 saturated heterocycles. The third-order valence-corrected chi connectivity index (χ3v) is 6.06. The van der Waals surface area contributed by atoms with Crippen molar-refractivity contribution in [1.29, 1.82) is 0 Å². The van der Waals surface area contributed by atoms with Gasteiger partial charge in [-0.1, -0.05) is 25.4 Å². The van der Waals surface area contributed by atoms with Crippen LogP contribution < -0.4 is 4.72 Å². The average Bonchev–Trinajstić information content (AvgIpc) is 2.35. The van der Waals surface area contributed by atoms with Crippen LogP contribution in [-0.2, 0) is 10.0 Å². The van der Waals surface area contributed by atoms with Crippen molar-refractivity contribution in [2.24, 2.45) is 11.8 Å². The van der Waals surface area contributed by atoms with Crippen LogP contribution in [0.1, 0.15) is 34.1 Å². The van der Waals surface area contributed by atoms with E-state index >= 15 is 0 Å². The van der Waals surface area contributed by atoms with E-state index in [0.717, 1.165) is 13.1 Å². The van der Waals surface area contributed by atoms with Crippen LogP contribution in [0.4, 0.5) is 0 Å². The van der Waals surface area contributed by atoms with Crippen LogP contribution in [0.15, 0.2) is 29.2 Å². The third-order valence-electron chi connectivity index (χ3n) is 4.10. The fourth-order valence-corrected chi connectivity index (χ4v) is 5.08. The Morgan fingerprint density at radius 2 is 1.70 bits per heavy atom. The lowest BCUT2D eigenvalue weighted by atomic mass is 9.91. The highest BCUT2D eigenvalue weighted by Gasteiger charge is 2.31. The van der Waals surface area contributed by atoms with E-state index in [-0.39, 0.29) is 4.90 Å². The van der Waals surface area contributed by atoms with Crippen molar-refractivity contribution in [3.05, 3.63) is 29.3 Å². The molecule has 23 heavy (non-hydrogen) atoms. The van der Waals surface area contributed by atoms with E-state index in [9.17, 15) is 8.42 Å². The Balaban J connectivity index is 2.06. The Labute approximate surface area is 145 Å². The molecule has 0 aromatic heterocycles. The minimum Gasteiger partial charge on any atom is -0.301 e. The molecule has 0 radical (unpaired) electrons. The molecule has 1 fully saturated rings. The van der Waals surface area contributed by atoms with Gasteiger partial charge in [0.2, 0.25) is 10.0 Å². The zero-order valence-corrected chi connectivity index (χ0v) is 15.9. The van der Waals surface area contributed by atoms with E-state index in [4.69, 9.17) is 11.6 Å². The first-order valence-electron chi connectivity index (χ1n) is 8.09. The maximum absolute atomic E-state index is 12.6. The number of nitrogens with zero attached hydrogens (tertiary/aromatic N) is 1. The predicted molar refractivity (Wildman–Crippen MR) is 95.2 cm³/mol. The summed E-state index contributed by atoms with van der Waals surface area (Å²) in [6, 6.07) is 6.26. The molecule has 0 amide bonds. The molecule has 2 atom stereocenters. The number of halogens is 1. The molecular formula is C17H27ClN2O2S. The quantitative estimate of drug-likeness (QED) is 0.877. The van der Waals surface area contributed by atoms with Crippen molar-refractivity contribution >= 4 is 21.6 Å². The Bertz CT molecular complexity index is 618. The van der Waals surface area contributed by atoms with Crippen molar-refractivity contribution in [1.82, 2.24) is 9.62 Å². The molecular weight excluding hydrogens is 332 g/mol. The summed E-state index contributed by atoms with van der Waals surface area (Å²) >= 11 is 5.83. The van der Waals surface area contributed by atoms with E-state index in [1.807, 2.05) is 13.8 Å². The second-order valence-corrected chi connectivity index (χ2v) is 9.70. The Morgan fingerprint density at radius 3 is 2.22 bits per heavy atom. The molecule has 1 aromatic carbocycles. The van der Waals surface area contributed by atoms with Crippen LogP contribution in [0.2, 0.25) is 5.02 Å². The number of piperidine rings is 1. The van der Waals surface area contributed by atoms with Gasteiger partial charge >= 0.3 is 0 Å². The van der Waals surface area contributed by atoms with Crippen molar-refractivity contribution < 1.29 is 8.42 Å². The Kier molecular flexibility index (Phi) is 5.77. The normalized spacial score (nSPS) is 23.9. The molecule has 1 aliphatic rings. The summed E-state index contributed by atoms with van der Waals surface area (Å²) in [5, 5.41) is 0.527. The highest BCUT2D eigenvalue weighted by molar-refractivity contribution is 7.89. The number of sulfonamides is 1. The minimum atomic E-state index is -3.55. The summed E-state index contributed by atoms with van der Waals surface area (Å²) in [5.74, 6) is 1.31. The van der Waals surface area contributed by atoms with Gasteiger partial charge in [0, 0.05) is 30.2 Å². The van der Waals surface area contributed by atoms with Gasteiger partial charge < -0.3 is 4.90 Å². The Hall–Kier alpha value is -0.620. The van der Waals surface area contributed by atoms with Gasteiger partial charge in [0.1, 0.15) is 0 Å². The number of nitrogens with one attached hydrogen (secondary N) is 1. The molecule has 1 aliphatic heterocycles. The minimum absolute atomic E-state index is 0.246. The van der Waals surface area contributed by atoms with Gasteiger partial charge in [-0.2, -0.15) is 0 Å². The van der Waals surface area contributed by atoms with Crippen molar-refractivity contribution in [3.63, 3.8) is 0 Å². The first-order valence-corrected chi connectivity index (χ1v) is 9.95. The summed E-state index contributed by atoms with van der Waals surface area (Å²) in [7, 11) is -3.55. The SMILES string of the molecule is C[C@H]1C[C@H](C)CN(CC(C)(C)NS(=O)(=O)c2ccc(Cl)cc2)C1. The average molecular weight is 359 g/mol. The molecule has 4 nitrogen and oxygen atoms in total. The zero-order valence-electron chi connectivity index (χ0n) is 14.3. The molecule has 0 unspecified atom stereocenters. The Morgan fingerprint density at radius 1 is 1.17 bits per heavy atom. The molecule has 1 aromatic rings. The molecule has 130 valence electrons. The third kappa shape index (κ3) is 5.45. The summed E-state index contributed by atoms with van der Waals surface area (Å²) in [6.07, 6.45) is 1.24. The smallest absolute Gasteiger partial charge is 0.241 e. The second kappa shape index (κ2) is 7.09. The standard InChI is InChI=1S/C17H27ClN2O2S/c1-13-9-14(2)11-20(10-13)12-17(3,4)19-23(21,22)16-7-5-15(18)6-8-16/h5-8,13-14,19H,9-12H2,1-4H3/t13-,14-/m0/s1. The molecule has 1 N–H and O–H groups in total. The van der Waals surface area contributed by atoms with Crippen molar-refractivity contribution in [2.75, 3.05) is 19.6 Å². The molecule has 0 aliphatic carbocycles. The first-order chi connectivity index (χ1) is 10.6. The van der Waals surface area contributed by atoms with Gasteiger partial charge in [-0.05, 0) is 56.4 Å². The molecule has 6 heteroatoms. The monoisotopic (exact) mass is 358 g/mol. The molecule has 0 saturated carbocycles. The van der Waals surface area contributed by atoms with Crippen LogP contribution in [0, 0.1) is 11.8 Å². The van der Waals surface area contributed by atoms with Gasteiger partial charge in [0.15, 0.2) is 0 Å². The summed E-state index contributed by atoms with van der Waals surface area (Å²) < 4.78 is 27.9. The fraction of sp³-hybridized carbons (Fsp3) is 0.647. The largest absolute Gasteiger partial charge is 0.301 e. The topological polar surface area (TPSA) is 49.4 Å². The van der Waals surface area contributed by atoms with E-state index in [1.165, 1.54) is 18.6 Å². The van der Waals surface area contributed by atoms with Crippen LogP contribution in [-0.4, -0.2) is 38.5 Å². The number of hydrogen-bond acceptors (Lipinski definition) is 3. The second-order valence-electron chi connectivity index (χ2n) is 7.58. The van der Waals surface area contributed by atoms with E-state index in [1.54, 1.807) is 12.1 Å². The fourth-order valence-electron chi connectivity index (χ4n) is 3.55. The highest BCUT2D eigenvalue weighted by Crippen LogP contribution is 2.23. The van der Waals surface area contributed by atoms with Crippen LogP contribution >= 0.6 is 11.6 Å². The van der Waals surface area contributed by atoms with Gasteiger partial charge in [-0.25, -0.2) is 13.1 Å². The molecule has 0 bridgehead atoms. The van der Waals surface area contributed by atoms with E-state index < -0.39 is 15.6 Å². The van der Waals surface area contributed by atoms with Gasteiger partial charge in [-0.3, -0.25) is 0 Å². The highest BCUT2D eigenvalue weighted by atomic mass is 35.5. The van der Waals surface area contributed by atoms with E-state index in [2.05, 4.69) is 23.5 Å². The van der Waals surface area contributed by atoms with Gasteiger partial charge in [0.05, 0.1) is 4.90 Å². The van der Waals surface area contributed by atoms with Crippen molar-refractivity contribution in [3.8, 4) is 0 Å². The zero-order chi connectivity index (χ0) is 17.3. The molecule has 1 heterocycles.